The molecule has 0 radical (unpaired) electrons. The summed E-state index contributed by atoms with van der Waals surface area (Å²) >= 11 is 7.21. The number of benzene rings is 2. The van der Waals surface area contributed by atoms with Crippen LogP contribution < -0.4 is 9.62 Å². The maximum atomic E-state index is 14.0. The number of aromatic nitrogens is 1. The number of hydrogen-bond acceptors (Lipinski definition) is 6. The van der Waals surface area contributed by atoms with E-state index in [2.05, 4.69) is 9.71 Å². The van der Waals surface area contributed by atoms with Gasteiger partial charge in [0.2, 0.25) is 21.8 Å². The minimum atomic E-state index is -3.98. The van der Waals surface area contributed by atoms with Gasteiger partial charge in [-0.25, -0.2) is 22.5 Å². The zero-order valence-electron chi connectivity index (χ0n) is 19.9. The van der Waals surface area contributed by atoms with E-state index in [9.17, 15) is 22.4 Å². The van der Waals surface area contributed by atoms with Gasteiger partial charge in [-0.3, -0.25) is 9.59 Å². The zero-order chi connectivity index (χ0) is 26.4. The van der Waals surface area contributed by atoms with Gasteiger partial charge in [-0.2, -0.15) is 0 Å². The maximum absolute atomic E-state index is 14.0. The average molecular weight is 563 g/mol. The van der Waals surface area contributed by atoms with Gasteiger partial charge in [0.1, 0.15) is 15.2 Å². The molecule has 0 bridgehead atoms. The van der Waals surface area contributed by atoms with Crippen LogP contribution in [0.3, 0.4) is 0 Å². The van der Waals surface area contributed by atoms with Crippen LogP contribution in [0.4, 0.5) is 10.1 Å². The van der Waals surface area contributed by atoms with Crippen molar-refractivity contribution in [2.45, 2.75) is 36.6 Å². The second-order valence-corrected chi connectivity index (χ2v) is 12.8. The van der Waals surface area contributed by atoms with Crippen molar-refractivity contribution in [1.29, 1.82) is 0 Å². The number of likely N-dealkylation sites (tertiary alicyclic amines) is 1. The normalized spacial score (nSPS) is 19.0. The lowest BCUT2D eigenvalue weighted by molar-refractivity contribution is -0.127. The van der Waals surface area contributed by atoms with Gasteiger partial charge in [0.25, 0.3) is 0 Å². The van der Waals surface area contributed by atoms with Gasteiger partial charge in [0.15, 0.2) is 0 Å². The molecule has 12 heteroatoms. The van der Waals surface area contributed by atoms with Crippen molar-refractivity contribution in [2.75, 3.05) is 24.5 Å². The number of hydrogen-bond donors (Lipinski definition) is 1. The molecule has 37 heavy (non-hydrogen) atoms. The molecule has 3 heterocycles. The standard InChI is InChI=1S/C25H24ClFN4O4S2/c1-16(32)30-9-8-25(14-30)15-31(24(33)11-23-28-13-22(26)36-23)21-7-6-18(10-19(21)25)37(34,35)29-12-17-4-2-3-5-20(17)27/h2-7,10,13,29H,8-9,11-12,14-15H2,1H3. The summed E-state index contributed by atoms with van der Waals surface area (Å²) in [6.07, 6.45) is 2.16. The second kappa shape index (κ2) is 9.79. The van der Waals surface area contributed by atoms with Gasteiger partial charge in [0.05, 0.1) is 17.5 Å². The Morgan fingerprint density at radius 1 is 1.22 bits per heavy atom. The Bertz CT molecular complexity index is 1500. The van der Waals surface area contributed by atoms with Gasteiger partial charge in [-0.15, -0.1) is 11.3 Å². The van der Waals surface area contributed by atoms with Crippen LogP contribution in [0, 0.1) is 5.82 Å². The lowest BCUT2D eigenvalue weighted by Gasteiger charge is -2.25. The van der Waals surface area contributed by atoms with E-state index in [0.29, 0.717) is 46.6 Å². The molecule has 194 valence electrons. The topological polar surface area (TPSA) is 99.7 Å². The van der Waals surface area contributed by atoms with Crippen LogP contribution in [0.25, 0.3) is 0 Å². The van der Waals surface area contributed by atoms with Gasteiger partial charge in [0, 0.05) is 49.8 Å². The van der Waals surface area contributed by atoms with Crippen LogP contribution in [0.2, 0.25) is 4.34 Å². The summed E-state index contributed by atoms with van der Waals surface area (Å²) < 4.78 is 43.3. The minimum Gasteiger partial charge on any atom is -0.342 e. The average Bonchev–Trinajstić information content (AvgIpc) is 3.56. The Labute approximate surface area is 223 Å². The lowest BCUT2D eigenvalue weighted by atomic mass is 9.81. The van der Waals surface area contributed by atoms with E-state index in [1.807, 2.05) is 0 Å². The van der Waals surface area contributed by atoms with E-state index in [0.717, 1.165) is 0 Å². The fourth-order valence-corrected chi connectivity index (χ4v) is 7.00. The van der Waals surface area contributed by atoms with E-state index in [1.165, 1.54) is 48.7 Å². The van der Waals surface area contributed by atoms with Crippen molar-refractivity contribution < 1.29 is 22.4 Å². The van der Waals surface area contributed by atoms with E-state index in [1.54, 1.807) is 28.0 Å². The van der Waals surface area contributed by atoms with E-state index in [4.69, 9.17) is 11.6 Å². The van der Waals surface area contributed by atoms with Gasteiger partial charge in [-0.1, -0.05) is 29.8 Å². The Kier molecular flexibility index (Phi) is 6.82. The number of anilines is 1. The first-order chi connectivity index (χ1) is 17.6. The number of halogens is 2. The zero-order valence-corrected chi connectivity index (χ0v) is 22.3. The number of thiazole rings is 1. The smallest absolute Gasteiger partial charge is 0.240 e. The quantitative estimate of drug-likeness (QED) is 0.496. The van der Waals surface area contributed by atoms with Crippen LogP contribution in [-0.4, -0.2) is 49.8 Å². The predicted octanol–water partition coefficient (Wildman–Crippen LogP) is 3.49. The fourth-order valence-electron chi connectivity index (χ4n) is 5.02. The predicted molar refractivity (Wildman–Crippen MR) is 139 cm³/mol. The number of sulfonamides is 1. The number of carbonyl (C=O) groups is 2. The molecule has 1 atom stereocenters. The summed E-state index contributed by atoms with van der Waals surface area (Å²) in [6.45, 7) is 2.53. The van der Waals surface area contributed by atoms with Gasteiger partial charge in [-0.05, 0) is 36.2 Å². The first-order valence-electron chi connectivity index (χ1n) is 11.6. The summed E-state index contributed by atoms with van der Waals surface area (Å²) in [5, 5.41) is 0.589. The molecule has 8 nitrogen and oxygen atoms in total. The van der Waals surface area contributed by atoms with Crippen LogP contribution in [-0.2, 0) is 38.0 Å². The van der Waals surface area contributed by atoms with Crippen LogP contribution >= 0.6 is 22.9 Å². The number of amides is 2. The SMILES string of the molecule is CC(=O)N1CCC2(C1)CN(C(=O)Cc1ncc(Cl)s1)c1ccc(S(=O)(=O)NCc3ccccc3F)cc12. The molecule has 1 unspecified atom stereocenters. The number of carbonyl (C=O) groups excluding carboxylic acids is 2. The van der Waals surface area contributed by atoms with Crippen LogP contribution in [0.5, 0.6) is 0 Å². The third kappa shape index (κ3) is 5.00. The summed E-state index contributed by atoms with van der Waals surface area (Å²) in [4.78, 5) is 33.0. The first-order valence-corrected chi connectivity index (χ1v) is 14.3. The Hall–Kier alpha value is -2.86. The summed E-state index contributed by atoms with van der Waals surface area (Å²) in [5.74, 6) is -0.751. The molecular weight excluding hydrogens is 539 g/mol. The van der Waals surface area contributed by atoms with Crippen LogP contribution in [0.1, 0.15) is 29.5 Å². The number of rotatable bonds is 6. The van der Waals surface area contributed by atoms with Crippen molar-refractivity contribution >= 4 is 50.5 Å². The van der Waals surface area contributed by atoms with Crippen molar-refractivity contribution in [3.63, 3.8) is 0 Å². The molecule has 0 aliphatic carbocycles. The number of nitrogens with zero attached hydrogens (tertiary/aromatic N) is 3. The monoisotopic (exact) mass is 562 g/mol. The molecule has 1 aromatic heterocycles. The van der Waals surface area contributed by atoms with Crippen molar-refractivity contribution in [3.8, 4) is 0 Å². The fraction of sp³-hybridized carbons (Fsp3) is 0.320. The first kappa shape index (κ1) is 25.8. The van der Waals surface area contributed by atoms with Crippen molar-refractivity contribution in [1.82, 2.24) is 14.6 Å². The summed E-state index contributed by atoms with van der Waals surface area (Å²) in [6, 6.07) is 10.6. The van der Waals surface area contributed by atoms with Gasteiger partial charge < -0.3 is 9.80 Å². The Balaban J connectivity index is 1.47. The molecule has 2 aliphatic heterocycles. The molecular formula is C25H24ClFN4O4S2. The molecule has 1 N–H and O–H groups in total. The second-order valence-electron chi connectivity index (χ2n) is 9.28. The van der Waals surface area contributed by atoms with E-state index >= 15 is 0 Å². The Morgan fingerprint density at radius 2 is 2.00 bits per heavy atom. The molecule has 2 aliphatic rings. The molecule has 0 saturated carbocycles. The van der Waals surface area contributed by atoms with E-state index < -0.39 is 21.3 Å². The molecule has 3 aromatic rings. The maximum Gasteiger partial charge on any atom is 0.240 e. The minimum absolute atomic E-state index is 0.0178. The van der Waals surface area contributed by atoms with Crippen molar-refractivity contribution in [3.05, 3.63) is 74.9 Å². The third-order valence-electron chi connectivity index (χ3n) is 6.94. The summed E-state index contributed by atoms with van der Waals surface area (Å²) in [5.41, 5.74) is 0.964. The molecule has 1 spiro atoms. The number of fused-ring (bicyclic) bond motifs is 2. The molecule has 5 rings (SSSR count). The summed E-state index contributed by atoms with van der Waals surface area (Å²) in [7, 11) is -3.98. The largest absolute Gasteiger partial charge is 0.342 e. The molecule has 1 fully saturated rings. The molecule has 1 saturated heterocycles. The van der Waals surface area contributed by atoms with Gasteiger partial charge >= 0.3 is 0 Å². The van der Waals surface area contributed by atoms with Crippen molar-refractivity contribution in [2.24, 2.45) is 0 Å². The van der Waals surface area contributed by atoms with E-state index in [-0.39, 0.29) is 35.2 Å². The third-order valence-corrected chi connectivity index (χ3v) is 9.45. The van der Waals surface area contributed by atoms with Crippen LogP contribution in [0.15, 0.2) is 53.6 Å². The molecule has 2 aromatic carbocycles. The highest BCUT2D eigenvalue weighted by molar-refractivity contribution is 7.89. The molecule has 2 amide bonds. The highest BCUT2D eigenvalue weighted by atomic mass is 35.5. The Morgan fingerprint density at radius 3 is 2.68 bits per heavy atom. The highest BCUT2D eigenvalue weighted by Gasteiger charge is 2.49. The lowest BCUT2D eigenvalue weighted by Crippen LogP contribution is -2.40. The number of nitrogens with one attached hydrogen (secondary N) is 1. The highest BCUT2D eigenvalue weighted by Crippen LogP contribution is 2.47.